The minimum atomic E-state index is -0.283. The number of hydrogen-bond donors (Lipinski definition) is 1. The lowest BCUT2D eigenvalue weighted by molar-refractivity contribution is 0.452. The van der Waals surface area contributed by atoms with Crippen LogP contribution in [0.4, 0.5) is 5.69 Å². The normalized spacial score (nSPS) is 11.2. The largest absolute Gasteiger partial charge is 0.507 e. The van der Waals surface area contributed by atoms with Crippen molar-refractivity contribution in [1.82, 2.24) is 0 Å². The lowest BCUT2D eigenvalue weighted by Crippen LogP contribution is -2.20. The summed E-state index contributed by atoms with van der Waals surface area (Å²) in [4.78, 5) is 2.04. The third kappa shape index (κ3) is 2.80. The molecule has 0 atom stereocenters. The van der Waals surface area contributed by atoms with Gasteiger partial charge in [-0.15, -0.1) is 0 Å². The first-order chi connectivity index (χ1) is 9.87. The Bertz CT molecular complexity index is 642. The first-order valence-electron chi connectivity index (χ1n) is 7.10. The maximum atomic E-state index is 10.6. The third-order valence-electron chi connectivity index (χ3n) is 4.03. The molecule has 2 nitrogen and oxygen atoms in total. The lowest BCUT2D eigenvalue weighted by atomic mass is 9.77. The molecular formula is C19H23NO. The van der Waals surface area contributed by atoms with E-state index in [0.717, 1.165) is 16.8 Å². The first kappa shape index (κ1) is 15.2. The Balaban J connectivity index is 2.67. The Hall–Kier alpha value is -2.22. The highest BCUT2D eigenvalue weighted by molar-refractivity contribution is 5.68. The van der Waals surface area contributed by atoms with Crippen molar-refractivity contribution in [3.8, 4) is 5.75 Å². The number of anilines is 1. The van der Waals surface area contributed by atoms with Gasteiger partial charge in [-0.1, -0.05) is 56.8 Å². The zero-order valence-corrected chi connectivity index (χ0v) is 13.2. The van der Waals surface area contributed by atoms with Gasteiger partial charge in [0.15, 0.2) is 0 Å². The van der Waals surface area contributed by atoms with Crippen LogP contribution in [0.2, 0.25) is 0 Å². The summed E-state index contributed by atoms with van der Waals surface area (Å²) < 4.78 is 0. The third-order valence-corrected chi connectivity index (χ3v) is 4.03. The molecule has 2 aromatic carbocycles. The van der Waals surface area contributed by atoms with Crippen molar-refractivity contribution in [1.29, 1.82) is 0 Å². The molecule has 0 fully saturated rings. The predicted octanol–water partition coefficient (Wildman–Crippen LogP) is 4.43. The summed E-state index contributed by atoms with van der Waals surface area (Å²) in [6.07, 6.45) is 1.70. The number of rotatable bonds is 4. The summed E-state index contributed by atoms with van der Waals surface area (Å²) >= 11 is 0. The van der Waals surface area contributed by atoms with Crippen molar-refractivity contribution in [2.24, 2.45) is 0 Å². The highest BCUT2D eigenvalue weighted by atomic mass is 16.3. The molecule has 1 N–H and O–H groups in total. The van der Waals surface area contributed by atoms with Gasteiger partial charge < -0.3 is 10.0 Å². The van der Waals surface area contributed by atoms with Crippen LogP contribution in [0.15, 0.2) is 49.0 Å². The zero-order chi connectivity index (χ0) is 15.6. The van der Waals surface area contributed by atoms with Crippen molar-refractivity contribution in [2.75, 3.05) is 19.0 Å². The molecule has 0 aliphatic rings. The van der Waals surface area contributed by atoms with Crippen LogP contribution in [-0.4, -0.2) is 19.2 Å². The topological polar surface area (TPSA) is 23.5 Å². The minimum absolute atomic E-state index is 0.283. The average Bonchev–Trinajstić information content (AvgIpc) is 2.48. The average molecular weight is 281 g/mol. The summed E-state index contributed by atoms with van der Waals surface area (Å²) in [6, 6.07) is 14.2. The molecule has 0 aliphatic heterocycles. The van der Waals surface area contributed by atoms with Crippen molar-refractivity contribution in [2.45, 2.75) is 19.3 Å². The van der Waals surface area contributed by atoms with Gasteiger partial charge in [0.1, 0.15) is 5.75 Å². The van der Waals surface area contributed by atoms with E-state index < -0.39 is 0 Å². The van der Waals surface area contributed by atoms with Gasteiger partial charge in [0.2, 0.25) is 0 Å². The second-order valence-corrected chi connectivity index (χ2v) is 6.02. The van der Waals surface area contributed by atoms with Crippen LogP contribution in [-0.2, 0) is 5.41 Å². The number of hydrogen-bond acceptors (Lipinski definition) is 2. The molecule has 0 spiro atoms. The predicted molar refractivity (Wildman–Crippen MR) is 91.1 cm³/mol. The minimum Gasteiger partial charge on any atom is -0.507 e. The highest BCUT2D eigenvalue weighted by Crippen LogP contribution is 2.41. The monoisotopic (exact) mass is 281 g/mol. The fraction of sp³-hybridized carbons (Fsp3) is 0.263. The van der Waals surface area contributed by atoms with Crippen LogP contribution >= 0.6 is 0 Å². The van der Waals surface area contributed by atoms with Crippen LogP contribution in [0.5, 0.6) is 5.75 Å². The summed E-state index contributed by atoms with van der Waals surface area (Å²) in [5.74, 6) is 0.310. The Morgan fingerprint density at radius 3 is 2.24 bits per heavy atom. The summed E-state index contributed by atoms with van der Waals surface area (Å²) in [5.41, 5.74) is 3.62. The fourth-order valence-electron chi connectivity index (χ4n) is 2.54. The van der Waals surface area contributed by atoms with Gasteiger partial charge in [0, 0.05) is 36.3 Å². The van der Waals surface area contributed by atoms with Gasteiger partial charge in [0.25, 0.3) is 0 Å². The van der Waals surface area contributed by atoms with Gasteiger partial charge in [-0.2, -0.15) is 0 Å². The molecule has 0 unspecified atom stereocenters. The molecular weight excluding hydrogens is 258 g/mol. The molecule has 21 heavy (non-hydrogen) atoms. The maximum absolute atomic E-state index is 10.6. The van der Waals surface area contributed by atoms with Gasteiger partial charge in [0.05, 0.1) is 0 Å². The molecule has 0 aliphatic carbocycles. The van der Waals surface area contributed by atoms with E-state index in [-0.39, 0.29) is 5.41 Å². The Kier molecular flexibility index (Phi) is 4.08. The van der Waals surface area contributed by atoms with Gasteiger partial charge in [-0.05, 0) is 17.7 Å². The number of nitrogens with zero attached hydrogens (tertiary/aromatic N) is 1. The smallest absolute Gasteiger partial charge is 0.127 e. The molecule has 0 saturated heterocycles. The van der Waals surface area contributed by atoms with Crippen molar-refractivity contribution in [3.05, 3.63) is 65.7 Å². The fourth-order valence-corrected chi connectivity index (χ4v) is 2.54. The van der Waals surface area contributed by atoms with Crippen molar-refractivity contribution < 1.29 is 5.11 Å². The molecule has 0 aromatic heterocycles. The van der Waals surface area contributed by atoms with Crippen LogP contribution < -0.4 is 4.90 Å². The van der Waals surface area contributed by atoms with E-state index in [2.05, 4.69) is 38.6 Å². The Morgan fingerprint density at radius 1 is 1.10 bits per heavy atom. The Morgan fingerprint density at radius 2 is 1.71 bits per heavy atom. The number of phenols is 1. The molecule has 2 heteroatoms. The molecule has 0 radical (unpaired) electrons. The quantitative estimate of drug-likeness (QED) is 0.896. The van der Waals surface area contributed by atoms with E-state index in [1.807, 2.05) is 43.3 Å². The van der Waals surface area contributed by atoms with E-state index in [4.69, 9.17) is 0 Å². The van der Waals surface area contributed by atoms with E-state index in [1.54, 1.807) is 6.08 Å². The van der Waals surface area contributed by atoms with Crippen molar-refractivity contribution in [3.63, 3.8) is 0 Å². The van der Waals surface area contributed by atoms with Gasteiger partial charge >= 0.3 is 0 Å². The molecule has 0 bridgehead atoms. The van der Waals surface area contributed by atoms with Gasteiger partial charge in [-0.3, -0.25) is 0 Å². The van der Waals surface area contributed by atoms with Crippen molar-refractivity contribution >= 4 is 11.8 Å². The first-order valence-corrected chi connectivity index (χ1v) is 7.10. The Labute approximate surface area is 127 Å². The second kappa shape index (κ2) is 5.65. The zero-order valence-electron chi connectivity index (χ0n) is 13.2. The van der Waals surface area contributed by atoms with Crippen LogP contribution in [0.1, 0.15) is 30.5 Å². The number of aromatic hydroxyl groups is 1. The molecule has 2 rings (SSSR count). The van der Waals surface area contributed by atoms with E-state index in [1.165, 1.54) is 5.56 Å². The van der Waals surface area contributed by atoms with Gasteiger partial charge in [-0.25, -0.2) is 0 Å². The standard InChI is InChI=1S/C19H23NO/c1-6-14-12-16(20(4)5)13-17(18(14)21)19(2,3)15-10-8-7-9-11-15/h6-13,21H,1H2,2-5H3. The lowest BCUT2D eigenvalue weighted by Gasteiger charge is -2.29. The van der Waals surface area contributed by atoms with E-state index >= 15 is 0 Å². The molecule has 110 valence electrons. The maximum Gasteiger partial charge on any atom is 0.127 e. The second-order valence-electron chi connectivity index (χ2n) is 6.02. The number of benzene rings is 2. The van der Waals surface area contributed by atoms with E-state index in [0.29, 0.717) is 5.75 Å². The van der Waals surface area contributed by atoms with E-state index in [9.17, 15) is 5.11 Å². The molecule has 0 saturated carbocycles. The summed E-state index contributed by atoms with van der Waals surface area (Å²) in [6.45, 7) is 8.07. The van der Waals surface area contributed by atoms with Crippen LogP contribution in [0.3, 0.4) is 0 Å². The summed E-state index contributed by atoms with van der Waals surface area (Å²) in [7, 11) is 4.00. The van der Waals surface area contributed by atoms with Crippen LogP contribution in [0, 0.1) is 0 Å². The van der Waals surface area contributed by atoms with Crippen LogP contribution in [0.25, 0.3) is 6.08 Å². The molecule has 0 heterocycles. The molecule has 2 aromatic rings. The molecule has 0 amide bonds. The number of phenolic OH excluding ortho intramolecular Hbond substituents is 1. The SMILES string of the molecule is C=Cc1cc(N(C)C)cc(C(C)(C)c2ccccc2)c1O. The highest BCUT2D eigenvalue weighted by Gasteiger charge is 2.27. The summed E-state index contributed by atoms with van der Waals surface area (Å²) in [5, 5.41) is 10.6.